The number of fused-ring (bicyclic) bond motifs is 1. The minimum absolute atomic E-state index is 0.0619. The lowest BCUT2D eigenvalue weighted by atomic mass is 9.99. The van der Waals surface area contributed by atoms with Gasteiger partial charge in [0.25, 0.3) is 5.91 Å². The number of rotatable bonds is 4. The smallest absolute Gasteiger partial charge is 0.387 e. The van der Waals surface area contributed by atoms with Crippen molar-refractivity contribution < 1.29 is 27.4 Å². The Morgan fingerprint density at radius 3 is 2.64 bits per heavy atom. The fraction of sp³-hybridized carbons (Fsp3) is 0.350. The molecule has 1 N–H and O–H groups in total. The standard InChI is InChI=1S/C20H19F3N2O3/c21-14-7-13(8-16(10-14)28-20(22)23)12-1-2-17-18(9-12)24-11-25(19(17)26)15-3-5-27-6-4-15/h1-2,7-10,15,20,24H,3-6,11H2. The summed E-state index contributed by atoms with van der Waals surface area (Å²) in [5.74, 6) is -0.994. The van der Waals surface area contributed by atoms with Crippen LogP contribution in [0.2, 0.25) is 0 Å². The summed E-state index contributed by atoms with van der Waals surface area (Å²) in [6, 6.07) is 8.68. The lowest BCUT2D eigenvalue weighted by Crippen LogP contribution is -2.48. The number of hydrogen-bond donors (Lipinski definition) is 1. The van der Waals surface area contributed by atoms with Gasteiger partial charge in [-0.2, -0.15) is 8.78 Å². The largest absolute Gasteiger partial charge is 0.435 e. The van der Waals surface area contributed by atoms with Crippen LogP contribution in [0.25, 0.3) is 11.1 Å². The van der Waals surface area contributed by atoms with Crippen molar-refractivity contribution in [2.75, 3.05) is 25.2 Å². The summed E-state index contributed by atoms with van der Waals surface area (Å²) in [4.78, 5) is 14.7. The summed E-state index contributed by atoms with van der Waals surface area (Å²) in [6.45, 7) is -1.37. The number of amides is 1. The first kappa shape index (κ1) is 18.6. The van der Waals surface area contributed by atoms with Crippen LogP contribution in [0.4, 0.5) is 18.9 Å². The Bertz CT molecular complexity index is 885. The molecule has 0 aromatic heterocycles. The van der Waals surface area contributed by atoms with Crippen LogP contribution in [0.5, 0.6) is 5.75 Å². The van der Waals surface area contributed by atoms with Crippen molar-refractivity contribution in [3.05, 3.63) is 47.8 Å². The zero-order chi connectivity index (χ0) is 19.7. The molecule has 0 atom stereocenters. The minimum atomic E-state index is -3.03. The third-order valence-corrected chi connectivity index (χ3v) is 5.01. The van der Waals surface area contributed by atoms with E-state index in [-0.39, 0.29) is 17.7 Å². The average Bonchev–Trinajstić information content (AvgIpc) is 2.68. The highest BCUT2D eigenvalue weighted by atomic mass is 19.3. The second kappa shape index (κ2) is 7.71. The number of nitrogens with zero attached hydrogens (tertiary/aromatic N) is 1. The van der Waals surface area contributed by atoms with Gasteiger partial charge in [0.2, 0.25) is 0 Å². The third kappa shape index (κ3) is 3.77. The number of nitrogens with one attached hydrogen (secondary N) is 1. The predicted octanol–water partition coefficient (Wildman–Crippen LogP) is 4.10. The quantitative estimate of drug-likeness (QED) is 0.851. The average molecular weight is 392 g/mol. The predicted molar refractivity (Wildman–Crippen MR) is 97.0 cm³/mol. The van der Waals surface area contributed by atoms with E-state index in [4.69, 9.17) is 4.74 Å². The van der Waals surface area contributed by atoms with Gasteiger partial charge >= 0.3 is 6.61 Å². The molecular weight excluding hydrogens is 373 g/mol. The molecule has 28 heavy (non-hydrogen) atoms. The third-order valence-electron chi connectivity index (χ3n) is 5.01. The molecule has 0 bridgehead atoms. The van der Waals surface area contributed by atoms with E-state index in [0.717, 1.165) is 18.9 Å². The fourth-order valence-corrected chi connectivity index (χ4v) is 3.65. The maximum Gasteiger partial charge on any atom is 0.387 e. The van der Waals surface area contributed by atoms with Gasteiger partial charge in [-0.3, -0.25) is 4.79 Å². The maximum atomic E-state index is 13.8. The molecule has 1 saturated heterocycles. The summed E-state index contributed by atoms with van der Waals surface area (Å²) < 4.78 is 48.4. The summed E-state index contributed by atoms with van der Waals surface area (Å²) in [7, 11) is 0. The van der Waals surface area contributed by atoms with Gasteiger partial charge in [-0.15, -0.1) is 0 Å². The van der Waals surface area contributed by atoms with Crippen LogP contribution in [0, 0.1) is 5.82 Å². The van der Waals surface area contributed by atoms with Gasteiger partial charge in [0, 0.05) is 31.0 Å². The Labute approximate surface area is 160 Å². The van der Waals surface area contributed by atoms with Gasteiger partial charge < -0.3 is 19.7 Å². The van der Waals surface area contributed by atoms with Crippen LogP contribution < -0.4 is 10.1 Å². The summed E-state index contributed by atoms with van der Waals surface area (Å²) in [6.07, 6.45) is 1.61. The van der Waals surface area contributed by atoms with Crippen LogP contribution in [-0.4, -0.2) is 43.3 Å². The number of anilines is 1. The maximum absolute atomic E-state index is 13.8. The molecule has 2 aromatic rings. The Kier molecular flexibility index (Phi) is 5.13. The van der Waals surface area contributed by atoms with Crippen LogP contribution in [0.15, 0.2) is 36.4 Å². The Hall–Kier alpha value is -2.74. The number of ether oxygens (including phenoxy) is 2. The molecular formula is C20H19F3N2O3. The van der Waals surface area contributed by atoms with E-state index in [2.05, 4.69) is 10.1 Å². The second-order valence-electron chi connectivity index (χ2n) is 6.77. The van der Waals surface area contributed by atoms with Crippen molar-refractivity contribution in [2.24, 2.45) is 0 Å². The monoisotopic (exact) mass is 392 g/mol. The molecule has 1 amide bonds. The van der Waals surface area contributed by atoms with Gasteiger partial charge in [-0.25, -0.2) is 4.39 Å². The normalized spacial score (nSPS) is 17.4. The first-order chi connectivity index (χ1) is 13.5. The van der Waals surface area contributed by atoms with Crippen molar-refractivity contribution in [3.8, 4) is 16.9 Å². The topological polar surface area (TPSA) is 50.8 Å². The van der Waals surface area contributed by atoms with E-state index in [1.165, 1.54) is 12.1 Å². The number of benzene rings is 2. The lowest BCUT2D eigenvalue weighted by molar-refractivity contribution is -0.0499. The first-order valence-corrected chi connectivity index (χ1v) is 9.03. The number of carbonyl (C=O) groups excluding carboxylic acids is 1. The van der Waals surface area contributed by atoms with Crippen molar-refractivity contribution in [3.63, 3.8) is 0 Å². The number of hydrogen-bond acceptors (Lipinski definition) is 4. The van der Waals surface area contributed by atoms with E-state index in [9.17, 15) is 18.0 Å². The van der Waals surface area contributed by atoms with E-state index in [1.54, 1.807) is 23.1 Å². The van der Waals surface area contributed by atoms with Crippen molar-refractivity contribution in [2.45, 2.75) is 25.5 Å². The molecule has 4 rings (SSSR count). The van der Waals surface area contributed by atoms with Gasteiger partial charge in [-0.05, 0) is 48.2 Å². The van der Waals surface area contributed by atoms with Crippen LogP contribution in [0.3, 0.4) is 0 Å². The molecule has 5 nitrogen and oxygen atoms in total. The first-order valence-electron chi connectivity index (χ1n) is 9.03. The SMILES string of the molecule is O=C1c2ccc(-c3cc(F)cc(OC(F)F)c3)cc2NCN1C1CCOCC1. The Balaban J connectivity index is 1.60. The Morgan fingerprint density at radius 1 is 1.11 bits per heavy atom. The van der Waals surface area contributed by atoms with Crippen molar-refractivity contribution in [1.82, 2.24) is 4.90 Å². The van der Waals surface area contributed by atoms with Crippen LogP contribution >= 0.6 is 0 Å². The van der Waals surface area contributed by atoms with Crippen molar-refractivity contribution in [1.29, 1.82) is 0 Å². The van der Waals surface area contributed by atoms with E-state index in [0.29, 0.717) is 42.3 Å². The molecule has 0 spiro atoms. The van der Waals surface area contributed by atoms with E-state index in [1.807, 2.05) is 0 Å². The van der Waals surface area contributed by atoms with Gasteiger partial charge in [0.05, 0.1) is 12.2 Å². The molecule has 1 fully saturated rings. The number of carbonyl (C=O) groups is 1. The summed E-state index contributed by atoms with van der Waals surface area (Å²) in [5, 5.41) is 3.23. The molecule has 2 aliphatic rings. The summed E-state index contributed by atoms with van der Waals surface area (Å²) in [5.41, 5.74) is 2.14. The van der Waals surface area contributed by atoms with Gasteiger partial charge in [-0.1, -0.05) is 6.07 Å². The molecule has 0 radical (unpaired) electrons. The molecule has 0 aliphatic carbocycles. The highest BCUT2D eigenvalue weighted by molar-refractivity contribution is 6.02. The number of alkyl halides is 2. The molecule has 2 aromatic carbocycles. The van der Waals surface area contributed by atoms with Crippen molar-refractivity contribution >= 4 is 11.6 Å². The zero-order valence-electron chi connectivity index (χ0n) is 15.0. The number of halogens is 3. The highest BCUT2D eigenvalue weighted by Crippen LogP contribution is 2.32. The molecule has 2 heterocycles. The lowest BCUT2D eigenvalue weighted by Gasteiger charge is -2.38. The minimum Gasteiger partial charge on any atom is -0.435 e. The van der Waals surface area contributed by atoms with Crippen LogP contribution in [-0.2, 0) is 4.74 Å². The van der Waals surface area contributed by atoms with Gasteiger partial charge in [0.15, 0.2) is 0 Å². The zero-order valence-corrected chi connectivity index (χ0v) is 15.0. The van der Waals surface area contributed by atoms with E-state index < -0.39 is 12.4 Å². The van der Waals surface area contributed by atoms with Gasteiger partial charge in [0.1, 0.15) is 11.6 Å². The van der Waals surface area contributed by atoms with E-state index >= 15 is 0 Å². The molecule has 2 aliphatic heterocycles. The fourth-order valence-electron chi connectivity index (χ4n) is 3.65. The molecule has 0 saturated carbocycles. The van der Waals surface area contributed by atoms with Crippen LogP contribution in [0.1, 0.15) is 23.2 Å². The molecule has 8 heteroatoms. The Morgan fingerprint density at radius 2 is 1.89 bits per heavy atom. The summed E-state index contributed by atoms with van der Waals surface area (Å²) >= 11 is 0. The second-order valence-corrected chi connectivity index (χ2v) is 6.77. The highest BCUT2D eigenvalue weighted by Gasteiger charge is 2.31. The molecule has 0 unspecified atom stereocenters. The molecule has 148 valence electrons.